The second-order valence-corrected chi connectivity index (χ2v) is 7.83. The quantitative estimate of drug-likeness (QED) is 0.440. The van der Waals surface area contributed by atoms with Gasteiger partial charge in [-0.15, -0.1) is 11.8 Å². The van der Waals surface area contributed by atoms with E-state index in [1.165, 1.54) is 24.9 Å². The van der Waals surface area contributed by atoms with Gasteiger partial charge in [0.2, 0.25) is 0 Å². The van der Waals surface area contributed by atoms with Crippen LogP contribution in [0.3, 0.4) is 0 Å². The molecule has 1 aliphatic heterocycles. The van der Waals surface area contributed by atoms with Crippen molar-refractivity contribution >= 4 is 23.9 Å². The first kappa shape index (κ1) is 23.3. The first-order valence-corrected chi connectivity index (χ1v) is 10.5. The number of thioether (sulfide) groups is 1. The van der Waals surface area contributed by atoms with Crippen molar-refractivity contribution in [2.75, 3.05) is 19.5 Å². The zero-order valence-electron chi connectivity index (χ0n) is 16.9. The smallest absolute Gasteiger partial charge is 0.467 e. The lowest BCUT2D eigenvalue weighted by atomic mass is 9.91. The fourth-order valence-electron chi connectivity index (χ4n) is 3.06. The first-order valence-electron chi connectivity index (χ1n) is 9.46. The van der Waals surface area contributed by atoms with Crippen LogP contribution in [0.2, 0.25) is 0 Å². The molecule has 0 amide bonds. The second kappa shape index (κ2) is 11.8. The lowest BCUT2D eigenvalue weighted by molar-refractivity contribution is -0.206. The summed E-state index contributed by atoms with van der Waals surface area (Å²) in [7, 11) is 1.31. The van der Waals surface area contributed by atoms with Gasteiger partial charge in [-0.25, -0.2) is 9.59 Å². The van der Waals surface area contributed by atoms with Crippen LogP contribution in [0, 0.1) is 5.92 Å². The number of hydrogen-bond acceptors (Lipinski definition) is 8. The largest absolute Gasteiger partial charge is 0.509 e. The van der Waals surface area contributed by atoms with E-state index in [4.69, 9.17) is 23.7 Å². The number of hydrogen-bond donors (Lipinski definition) is 0. The summed E-state index contributed by atoms with van der Waals surface area (Å²) in [6.07, 6.45) is -1.55. The Morgan fingerprint density at radius 2 is 1.97 bits per heavy atom. The molecule has 1 aromatic rings. The van der Waals surface area contributed by atoms with E-state index in [0.717, 1.165) is 5.56 Å². The van der Waals surface area contributed by atoms with E-state index in [1.807, 2.05) is 44.2 Å². The standard InChI is InChI=1S/C21H28O7S/c1-5-12-25-21(23)28-18-16(26-13-15-10-8-7-9-11-15)14(3)17(19(22)24-4)27-20(18)29-6-2/h5,7-11,14,16-18,20H,1,6,12-13H2,2-4H3/t14-,16+,17?,18?,20+/m1/s1. The third-order valence-corrected chi connectivity index (χ3v) is 5.51. The Labute approximate surface area is 175 Å². The van der Waals surface area contributed by atoms with Crippen LogP contribution in [0.25, 0.3) is 0 Å². The van der Waals surface area contributed by atoms with Gasteiger partial charge in [-0.2, -0.15) is 0 Å². The van der Waals surface area contributed by atoms with Gasteiger partial charge >= 0.3 is 12.1 Å². The highest BCUT2D eigenvalue weighted by molar-refractivity contribution is 7.99. The Morgan fingerprint density at radius 1 is 1.24 bits per heavy atom. The van der Waals surface area contributed by atoms with Crippen LogP contribution in [0.1, 0.15) is 19.4 Å². The third kappa shape index (κ3) is 6.48. The Bertz CT molecular complexity index is 666. The highest BCUT2D eigenvalue weighted by atomic mass is 32.2. The van der Waals surface area contributed by atoms with Gasteiger partial charge in [0.1, 0.15) is 18.1 Å². The fourth-order valence-corrected chi connectivity index (χ4v) is 3.99. The van der Waals surface area contributed by atoms with Gasteiger partial charge in [0, 0.05) is 5.92 Å². The molecule has 1 aliphatic rings. The Hall–Kier alpha value is -2.03. The summed E-state index contributed by atoms with van der Waals surface area (Å²) in [5.41, 5.74) is 0.367. The number of esters is 1. The van der Waals surface area contributed by atoms with Crippen LogP contribution in [0.4, 0.5) is 4.79 Å². The maximum absolute atomic E-state index is 12.3. The maximum atomic E-state index is 12.3. The molecule has 7 nitrogen and oxygen atoms in total. The van der Waals surface area contributed by atoms with Crippen LogP contribution >= 0.6 is 11.8 Å². The lowest BCUT2D eigenvalue weighted by Gasteiger charge is -2.43. The molecule has 160 valence electrons. The minimum Gasteiger partial charge on any atom is -0.467 e. The summed E-state index contributed by atoms with van der Waals surface area (Å²) < 4.78 is 27.5. The topological polar surface area (TPSA) is 80.3 Å². The average Bonchev–Trinajstić information content (AvgIpc) is 2.74. The number of benzene rings is 1. The third-order valence-electron chi connectivity index (χ3n) is 4.47. The number of ether oxygens (including phenoxy) is 5. The normalized spacial score (nSPS) is 26.4. The van der Waals surface area contributed by atoms with E-state index >= 15 is 0 Å². The van der Waals surface area contributed by atoms with Crippen molar-refractivity contribution < 1.29 is 33.3 Å². The highest BCUT2D eigenvalue weighted by Crippen LogP contribution is 2.36. The monoisotopic (exact) mass is 424 g/mol. The SMILES string of the molecule is C=CCOC(=O)OC1[C@@H](OCc2ccccc2)[C@@H](C)C(C(=O)OC)O[C@H]1SCC. The molecule has 29 heavy (non-hydrogen) atoms. The van der Waals surface area contributed by atoms with Crippen molar-refractivity contribution in [2.24, 2.45) is 5.92 Å². The highest BCUT2D eigenvalue weighted by Gasteiger charge is 2.50. The van der Waals surface area contributed by atoms with E-state index < -0.39 is 41.8 Å². The second-order valence-electron chi connectivity index (χ2n) is 6.46. The molecule has 1 fully saturated rings. The molecule has 0 spiro atoms. The lowest BCUT2D eigenvalue weighted by Crippen LogP contribution is -2.57. The van der Waals surface area contributed by atoms with E-state index in [9.17, 15) is 9.59 Å². The summed E-state index contributed by atoms with van der Waals surface area (Å²) in [4.78, 5) is 24.4. The molecule has 0 radical (unpaired) electrons. The number of carbonyl (C=O) groups excluding carboxylic acids is 2. The van der Waals surface area contributed by atoms with Crippen LogP contribution in [0.15, 0.2) is 43.0 Å². The maximum Gasteiger partial charge on any atom is 0.509 e. The Morgan fingerprint density at radius 3 is 2.59 bits per heavy atom. The number of carbonyl (C=O) groups is 2. The van der Waals surface area contributed by atoms with Gasteiger partial charge in [0.05, 0.1) is 13.7 Å². The average molecular weight is 425 g/mol. The van der Waals surface area contributed by atoms with Crippen molar-refractivity contribution in [1.29, 1.82) is 0 Å². The molecule has 2 unspecified atom stereocenters. The summed E-state index contributed by atoms with van der Waals surface area (Å²) in [6, 6.07) is 9.63. The number of rotatable bonds is 9. The zero-order chi connectivity index (χ0) is 21.2. The minimum atomic E-state index is -0.836. The fraction of sp³-hybridized carbons (Fsp3) is 0.524. The van der Waals surface area contributed by atoms with E-state index in [2.05, 4.69) is 6.58 Å². The van der Waals surface area contributed by atoms with Crippen molar-refractivity contribution in [2.45, 2.75) is 44.2 Å². The molecule has 8 heteroatoms. The molecule has 0 bridgehead atoms. The number of methoxy groups -OCH3 is 1. The molecular formula is C21H28O7S. The van der Waals surface area contributed by atoms with Crippen LogP contribution in [-0.2, 0) is 35.1 Å². The molecular weight excluding hydrogens is 396 g/mol. The summed E-state index contributed by atoms with van der Waals surface area (Å²) in [5, 5.41) is 0. The molecule has 1 saturated heterocycles. The van der Waals surface area contributed by atoms with Gasteiger partial charge in [-0.3, -0.25) is 0 Å². The summed E-state index contributed by atoms with van der Waals surface area (Å²) in [6.45, 7) is 7.62. The van der Waals surface area contributed by atoms with Crippen molar-refractivity contribution in [1.82, 2.24) is 0 Å². The molecule has 2 rings (SSSR count). The van der Waals surface area contributed by atoms with Gasteiger partial charge in [-0.1, -0.05) is 56.8 Å². The van der Waals surface area contributed by atoms with Gasteiger partial charge in [0.15, 0.2) is 12.2 Å². The van der Waals surface area contributed by atoms with Gasteiger partial charge in [-0.05, 0) is 11.3 Å². The van der Waals surface area contributed by atoms with Crippen molar-refractivity contribution in [3.8, 4) is 0 Å². The molecule has 0 aromatic heterocycles. The van der Waals surface area contributed by atoms with Crippen molar-refractivity contribution in [3.63, 3.8) is 0 Å². The summed E-state index contributed by atoms with van der Waals surface area (Å²) >= 11 is 1.42. The molecule has 1 heterocycles. The van der Waals surface area contributed by atoms with Gasteiger partial charge < -0.3 is 23.7 Å². The zero-order valence-corrected chi connectivity index (χ0v) is 17.8. The first-order chi connectivity index (χ1) is 14.0. The molecule has 0 N–H and O–H groups in total. The predicted octanol–water partition coefficient (Wildman–Crippen LogP) is 3.57. The van der Waals surface area contributed by atoms with Gasteiger partial charge in [0.25, 0.3) is 0 Å². The minimum absolute atomic E-state index is 0.0356. The molecule has 5 atom stereocenters. The van der Waals surface area contributed by atoms with Crippen LogP contribution in [0.5, 0.6) is 0 Å². The van der Waals surface area contributed by atoms with E-state index in [1.54, 1.807) is 0 Å². The van der Waals surface area contributed by atoms with E-state index in [-0.39, 0.29) is 6.61 Å². The summed E-state index contributed by atoms with van der Waals surface area (Å²) in [5.74, 6) is -0.197. The molecule has 0 saturated carbocycles. The molecule has 0 aliphatic carbocycles. The molecule has 1 aromatic carbocycles. The van der Waals surface area contributed by atoms with E-state index in [0.29, 0.717) is 12.4 Å². The Kier molecular flexibility index (Phi) is 9.50. The van der Waals surface area contributed by atoms with Crippen LogP contribution in [-0.4, -0.2) is 55.3 Å². The predicted molar refractivity (Wildman–Crippen MR) is 109 cm³/mol. The van der Waals surface area contributed by atoms with Crippen LogP contribution < -0.4 is 0 Å². The van der Waals surface area contributed by atoms with Crippen molar-refractivity contribution in [3.05, 3.63) is 48.6 Å². The Balaban J connectivity index is 2.24.